The standard InChI is InChI=1S/C47H61N9O6/c1-24(2)40(52-46(59)61-8)44(57)55-22-26(5)18-36(55)42-48-20-32(50-42)29-12-10-28(11-13-29)30-14-15-31(39-35-17-16-34(38(30)39)54(35)7)33-21-49-43(51-33)37-19-27(6)23-56(37)45(58)41(25(3)4)53-47(60)62-9/h10-15,20-21,24-27,34-37,40-41H,16-19,22-23H2,1-9H3,(H,48,50)(H,49,51)(H,52,59)(H,53,60)/t26-,27+,34?,35?,36+,37+,40+,41+/m1/s1. The number of aromatic amines is 2. The van der Waals surface area contributed by atoms with Gasteiger partial charge in [-0.3, -0.25) is 14.5 Å². The zero-order valence-electron chi connectivity index (χ0n) is 37.3. The molecule has 4 N–H and O–H groups in total. The van der Waals surface area contributed by atoms with E-state index in [4.69, 9.17) is 19.4 Å². The number of aromatic nitrogens is 4. The van der Waals surface area contributed by atoms with Gasteiger partial charge in [-0.15, -0.1) is 0 Å². The molecule has 3 saturated heterocycles. The lowest BCUT2D eigenvalue weighted by molar-refractivity contribution is -0.136. The second kappa shape index (κ2) is 17.2. The van der Waals surface area contributed by atoms with Crippen molar-refractivity contribution in [2.24, 2.45) is 23.7 Å². The Labute approximate surface area is 363 Å². The van der Waals surface area contributed by atoms with Gasteiger partial charge < -0.3 is 39.9 Å². The maximum Gasteiger partial charge on any atom is 0.407 e. The molecule has 4 aliphatic rings. The van der Waals surface area contributed by atoms with Crippen LogP contribution in [0.25, 0.3) is 33.6 Å². The summed E-state index contributed by atoms with van der Waals surface area (Å²) in [4.78, 5) is 75.1. The molecule has 4 aliphatic heterocycles. The molecule has 3 fully saturated rings. The Morgan fingerprint density at radius 3 is 1.56 bits per heavy atom. The van der Waals surface area contributed by atoms with Crippen molar-refractivity contribution >= 4 is 24.0 Å². The SMILES string of the molecule is COC(=O)N[C@H](C(=O)N1C[C@H](C)C[C@H]1c1ncc(-c2ccc(-c3ccc(-c4cnc([C@@H]5C[C@H](C)CN5C(=O)[C@@H](NC(=O)OC)C(C)C)[nH]4)c4c3C3CCC4N3C)cc2)[nH]1)C(C)C. The largest absolute Gasteiger partial charge is 0.453 e. The summed E-state index contributed by atoms with van der Waals surface area (Å²) in [6.45, 7) is 13.1. The number of benzene rings is 2. The number of ether oxygens (including phenoxy) is 2. The van der Waals surface area contributed by atoms with Gasteiger partial charge in [0.2, 0.25) is 11.8 Å². The molecule has 8 atom stereocenters. The number of likely N-dealkylation sites (tertiary alicyclic amines) is 2. The molecular weight excluding hydrogens is 787 g/mol. The first-order valence-corrected chi connectivity index (χ1v) is 22.1. The van der Waals surface area contributed by atoms with Crippen molar-refractivity contribution in [3.63, 3.8) is 0 Å². The summed E-state index contributed by atoms with van der Waals surface area (Å²) < 4.78 is 9.65. The molecule has 4 amide bonds. The van der Waals surface area contributed by atoms with Gasteiger partial charge in [0.25, 0.3) is 0 Å². The van der Waals surface area contributed by atoms with Gasteiger partial charge in [-0.05, 0) is 84.2 Å². The molecule has 2 aromatic heterocycles. The molecule has 62 heavy (non-hydrogen) atoms. The normalized spacial score (nSPS) is 24.1. The summed E-state index contributed by atoms with van der Waals surface area (Å²) in [6.07, 6.45) is 6.23. The van der Waals surface area contributed by atoms with Crippen molar-refractivity contribution in [2.45, 2.75) is 103 Å². The fourth-order valence-electron chi connectivity index (χ4n) is 10.5. The smallest absolute Gasteiger partial charge is 0.407 e. The maximum absolute atomic E-state index is 13.9. The van der Waals surface area contributed by atoms with Crippen LogP contribution in [-0.4, -0.2) is 105 Å². The number of hydrogen-bond donors (Lipinski definition) is 4. The highest BCUT2D eigenvalue weighted by Gasteiger charge is 2.46. The summed E-state index contributed by atoms with van der Waals surface area (Å²) in [5.74, 6) is 1.53. The van der Waals surface area contributed by atoms with E-state index in [0.717, 1.165) is 65.4 Å². The van der Waals surface area contributed by atoms with Crippen LogP contribution in [0.3, 0.4) is 0 Å². The Hall–Kier alpha value is -5.70. The molecule has 0 saturated carbocycles. The zero-order valence-corrected chi connectivity index (χ0v) is 37.3. The van der Waals surface area contributed by atoms with Gasteiger partial charge in [0.05, 0.1) is 50.1 Å². The van der Waals surface area contributed by atoms with Crippen molar-refractivity contribution in [1.82, 2.24) is 45.3 Å². The van der Waals surface area contributed by atoms with E-state index in [9.17, 15) is 19.2 Å². The maximum atomic E-state index is 13.9. The number of carbonyl (C=O) groups excluding carboxylic acids is 4. The van der Waals surface area contributed by atoms with Crippen molar-refractivity contribution in [2.75, 3.05) is 34.4 Å². The average Bonchev–Trinajstić information content (AvgIpc) is 4.13. The molecule has 0 spiro atoms. The summed E-state index contributed by atoms with van der Waals surface area (Å²) in [5.41, 5.74) is 8.98. The van der Waals surface area contributed by atoms with E-state index in [1.807, 2.05) is 49.9 Å². The van der Waals surface area contributed by atoms with Crippen LogP contribution < -0.4 is 10.6 Å². The molecule has 2 unspecified atom stereocenters. The average molecular weight is 848 g/mol. The quantitative estimate of drug-likeness (QED) is 0.119. The van der Waals surface area contributed by atoms with Crippen LogP contribution in [0.4, 0.5) is 9.59 Å². The van der Waals surface area contributed by atoms with E-state index in [2.05, 4.69) is 82.8 Å². The number of nitrogens with zero attached hydrogens (tertiary/aromatic N) is 5. The van der Waals surface area contributed by atoms with E-state index >= 15 is 0 Å². The zero-order chi connectivity index (χ0) is 44.1. The second-order valence-corrected chi connectivity index (χ2v) is 18.6. The first kappa shape index (κ1) is 43.0. The minimum atomic E-state index is -0.705. The Morgan fingerprint density at radius 2 is 1.08 bits per heavy atom. The molecule has 2 bridgehead atoms. The summed E-state index contributed by atoms with van der Waals surface area (Å²) >= 11 is 0. The number of carbonyl (C=O) groups is 4. The van der Waals surface area contributed by atoms with Gasteiger partial charge in [-0.1, -0.05) is 77.9 Å². The lowest BCUT2D eigenvalue weighted by Gasteiger charge is -2.30. The third kappa shape index (κ3) is 7.84. The van der Waals surface area contributed by atoms with Crippen molar-refractivity contribution < 1.29 is 28.7 Å². The van der Waals surface area contributed by atoms with Crippen molar-refractivity contribution in [3.8, 4) is 33.6 Å². The number of rotatable bonds is 11. The van der Waals surface area contributed by atoms with E-state index in [0.29, 0.717) is 19.1 Å². The molecule has 4 aromatic rings. The molecule has 15 heteroatoms. The molecule has 15 nitrogen and oxygen atoms in total. The predicted octanol–water partition coefficient (Wildman–Crippen LogP) is 7.54. The summed E-state index contributed by atoms with van der Waals surface area (Å²) in [6, 6.07) is 11.8. The third-order valence-corrected chi connectivity index (χ3v) is 13.6. The van der Waals surface area contributed by atoms with Crippen LogP contribution >= 0.6 is 0 Å². The van der Waals surface area contributed by atoms with E-state index in [1.165, 1.54) is 30.9 Å². The third-order valence-electron chi connectivity index (χ3n) is 13.6. The molecule has 0 aliphatic carbocycles. The highest BCUT2D eigenvalue weighted by Crippen LogP contribution is 2.57. The Morgan fingerprint density at radius 1 is 0.645 bits per heavy atom. The molecule has 330 valence electrons. The van der Waals surface area contributed by atoms with Crippen molar-refractivity contribution in [1.29, 1.82) is 0 Å². The number of nitrogens with one attached hydrogen (secondary N) is 4. The van der Waals surface area contributed by atoms with Gasteiger partial charge in [0.1, 0.15) is 23.7 Å². The lowest BCUT2D eigenvalue weighted by atomic mass is 9.82. The molecule has 6 heterocycles. The highest BCUT2D eigenvalue weighted by molar-refractivity contribution is 5.87. The minimum absolute atomic E-state index is 0.117. The number of amides is 4. The predicted molar refractivity (Wildman–Crippen MR) is 234 cm³/mol. The Kier molecular flexibility index (Phi) is 11.9. The molecule has 0 radical (unpaired) electrons. The van der Waals surface area contributed by atoms with Crippen LogP contribution in [0.2, 0.25) is 0 Å². The first-order valence-electron chi connectivity index (χ1n) is 22.1. The monoisotopic (exact) mass is 847 g/mol. The topological polar surface area (TPSA) is 178 Å². The lowest BCUT2D eigenvalue weighted by Crippen LogP contribution is -2.51. The second-order valence-electron chi connectivity index (χ2n) is 18.6. The van der Waals surface area contributed by atoms with Crippen molar-refractivity contribution in [3.05, 3.63) is 71.6 Å². The Balaban J connectivity index is 1.04. The molecule has 2 aromatic carbocycles. The molecule has 8 rings (SSSR count). The van der Waals surface area contributed by atoms with E-state index in [1.54, 1.807) is 0 Å². The van der Waals surface area contributed by atoms with Gasteiger partial charge >= 0.3 is 12.2 Å². The summed E-state index contributed by atoms with van der Waals surface area (Å²) in [7, 11) is 4.83. The summed E-state index contributed by atoms with van der Waals surface area (Å²) in [5, 5.41) is 5.48. The number of methoxy groups -OCH3 is 2. The van der Waals surface area contributed by atoms with E-state index < -0.39 is 24.3 Å². The van der Waals surface area contributed by atoms with Crippen LogP contribution in [0.15, 0.2) is 48.8 Å². The van der Waals surface area contributed by atoms with Gasteiger partial charge in [0, 0.05) is 30.7 Å². The minimum Gasteiger partial charge on any atom is -0.453 e. The molecular formula is C47H61N9O6. The number of fused-ring (bicyclic) bond motifs is 5. The number of imidazole rings is 2. The Bertz CT molecular complexity index is 2320. The highest BCUT2D eigenvalue weighted by atomic mass is 16.5. The van der Waals surface area contributed by atoms with Crippen LogP contribution in [-0.2, 0) is 19.1 Å². The number of hydrogen-bond acceptors (Lipinski definition) is 9. The van der Waals surface area contributed by atoms with Gasteiger partial charge in [-0.25, -0.2) is 19.6 Å². The number of alkyl carbamates (subject to hydrolysis) is 2. The first-order chi connectivity index (χ1) is 29.7. The fraction of sp³-hybridized carbons (Fsp3) is 0.532. The van der Waals surface area contributed by atoms with Crippen LogP contribution in [0, 0.1) is 23.7 Å². The number of H-pyrrole nitrogens is 2. The van der Waals surface area contributed by atoms with Crippen LogP contribution in [0.1, 0.15) is 114 Å². The van der Waals surface area contributed by atoms with Gasteiger partial charge in [-0.2, -0.15) is 0 Å². The van der Waals surface area contributed by atoms with Crippen LogP contribution in [0.5, 0.6) is 0 Å². The van der Waals surface area contributed by atoms with E-state index in [-0.39, 0.29) is 53.6 Å². The van der Waals surface area contributed by atoms with Gasteiger partial charge in [0.15, 0.2) is 0 Å². The fourth-order valence-corrected chi connectivity index (χ4v) is 10.5.